The van der Waals surface area contributed by atoms with Gasteiger partial charge in [-0.3, -0.25) is 11.1 Å². The van der Waals surface area contributed by atoms with Crippen LogP contribution in [0.1, 0.15) is 95.0 Å². The molecule has 0 aromatic heterocycles. The lowest BCUT2D eigenvalue weighted by Gasteiger charge is -2.36. The predicted molar refractivity (Wildman–Crippen MR) is 148 cm³/mol. The Morgan fingerprint density at radius 2 is 1.43 bits per heavy atom. The lowest BCUT2D eigenvalue weighted by Crippen LogP contribution is -2.27. The van der Waals surface area contributed by atoms with Gasteiger partial charge in [-0.15, -0.1) is 0 Å². The molecule has 0 aliphatic carbocycles. The van der Waals surface area contributed by atoms with E-state index in [0.29, 0.717) is 0 Å². The van der Waals surface area contributed by atoms with Crippen LogP contribution in [0.5, 0.6) is 0 Å². The van der Waals surface area contributed by atoms with Crippen molar-refractivity contribution in [3.05, 3.63) is 94.0 Å². The molecule has 0 saturated carbocycles. The van der Waals surface area contributed by atoms with Crippen molar-refractivity contribution in [3.63, 3.8) is 0 Å². The van der Waals surface area contributed by atoms with Crippen molar-refractivity contribution in [2.24, 2.45) is 5.73 Å². The van der Waals surface area contributed by atoms with Crippen LogP contribution in [0.2, 0.25) is 0 Å². The lowest BCUT2D eigenvalue weighted by atomic mass is 9.77. The zero-order chi connectivity index (χ0) is 25.8. The average Bonchev–Trinajstić information content (AvgIpc) is 2.77. The van der Waals surface area contributed by atoms with Gasteiger partial charge in [0.25, 0.3) is 0 Å². The highest BCUT2D eigenvalue weighted by atomic mass is 32.2. The van der Waals surface area contributed by atoms with Crippen molar-refractivity contribution in [3.8, 4) is 0 Å². The summed E-state index contributed by atoms with van der Waals surface area (Å²) in [7, 11) is 0. The summed E-state index contributed by atoms with van der Waals surface area (Å²) >= 11 is 1.74. The molecule has 35 heavy (non-hydrogen) atoms. The van der Waals surface area contributed by atoms with Crippen LogP contribution in [0.3, 0.4) is 0 Å². The van der Waals surface area contributed by atoms with Gasteiger partial charge in [0.05, 0.1) is 0 Å². The minimum Gasteiger partial charge on any atom is -0.454 e. The lowest BCUT2D eigenvalue weighted by molar-refractivity contribution is 0.195. The Kier molecular flexibility index (Phi) is 6.44. The Balaban J connectivity index is 1.69. The molecule has 0 amide bonds. The average molecular weight is 487 g/mol. The van der Waals surface area contributed by atoms with Gasteiger partial charge in [-0.25, -0.2) is 0 Å². The Labute approximate surface area is 215 Å². The second kappa shape index (κ2) is 8.83. The highest BCUT2D eigenvalue weighted by molar-refractivity contribution is 7.99. The first kappa shape index (κ1) is 25.5. The van der Waals surface area contributed by atoms with Crippen molar-refractivity contribution in [1.82, 2.24) is 0 Å². The Bertz CT molecular complexity index is 1250. The van der Waals surface area contributed by atoms with Crippen molar-refractivity contribution in [1.29, 1.82) is 5.41 Å². The Morgan fingerprint density at radius 1 is 0.857 bits per heavy atom. The maximum atomic E-state index is 8.84. The second-order valence-corrected chi connectivity index (χ2v) is 13.2. The van der Waals surface area contributed by atoms with E-state index in [9.17, 15) is 0 Å². The molecule has 0 bridgehead atoms. The minimum absolute atomic E-state index is 0.0352. The van der Waals surface area contributed by atoms with Gasteiger partial charge in [-0.05, 0) is 51.3 Å². The number of hydrogen-bond acceptors (Lipinski definition) is 4. The summed E-state index contributed by atoms with van der Waals surface area (Å²) in [5, 5.41) is 8.84. The summed E-state index contributed by atoms with van der Waals surface area (Å²) in [6, 6.07) is 21.2. The predicted octanol–water partition coefficient (Wildman–Crippen LogP) is 8.07. The molecule has 3 aromatic rings. The topological polar surface area (TPSA) is 59.1 Å². The summed E-state index contributed by atoms with van der Waals surface area (Å²) in [5.41, 5.74) is 13.1. The van der Waals surface area contributed by atoms with Crippen LogP contribution < -0.4 is 5.73 Å². The second-order valence-electron chi connectivity index (χ2n) is 12.1. The van der Waals surface area contributed by atoms with Crippen LogP contribution in [0.25, 0.3) is 0 Å². The standard InChI is InChI=1S/C31H38N2OS/c1-29(2,3)20-16-19(17-21(18-20)30(4,5)6)27(32)34-28(33)22-12-11-14-24-26(22)35-25-15-10-9-13-23(25)31(24,7)8/h9-18,28,32H,33H2,1-8H3. The quantitative estimate of drug-likeness (QED) is 0.223. The van der Waals surface area contributed by atoms with Crippen LogP contribution in [-0.4, -0.2) is 5.90 Å². The third kappa shape index (κ3) is 4.92. The van der Waals surface area contributed by atoms with E-state index in [1.807, 2.05) is 6.07 Å². The van der Waals surface area contributed by atoms with Crippen LogP contribution in [0.15, 0.2) is 70.5 Å². The fourth-order valence-corrected chi connectivity index (χ4v) is 6.13. The first-order valence-corrected chi connectivity index (χ1v) is 13.1. The first-order chi connectivity index (χ1) is 16.2. The van der Waals surface area contributed by atoms with Gasteiger partial charge in [0, 0.05) is 26.3 Å². The molecule has 0 radical (unpaired) electrons. The smallest absolute Gasteiger partial charge is 0.215 e. The first-order valence-electron chi connectivity index (χ1n) is 12.3. The highest BCUT2D eigenvalue weighted by Crippen LogP contribution is 2.50. The van der Waals surface area contributed by atoms with Gasteiger partial charge in [-0.2, -0.15) is 0 Å². The fraction of sp³-hybridized carbons (Fsp3) is 0.387. The zero-order valence-corrected chi connectivity index (χ0v) is 23.1. The number of rotatable bonds is 3. The highest BCUT2D eigenvalue weighted by Gasteiger charge is 2.35. The largest absolute Gasteiger partial charge is 0.454 e. The number of nitrogens with one attached hydrogen (secondary N) is 1. The molecule has 3 nitrogen and oxygen atoms in total. The molecule has 1 aliphatic heterocycles. The fourth-order valence-electron chi connectivity index (χ4n) is 4.60. The third-order valence-electron chi connectivity index (χ3n) is 6.97. The van der Waals surface area contributed by atoms with E-state index in [0.717, 1.165) is 16.0 Å². The summed E-state index contributed by atoms with van der Waals surface area (Å²) in [5.74, 6) is 0.104. The van der Waals surface area contributed by atoms with E-state index >= 15 is 0 Å². The monoisotopic (exact) mass is 486 g/mol. The molecule has 0 fully saturated rings. The van der Waals surface area contributed by atoms with E-state index < -0.39 is 6.23 Å². The molecular weight excluding hydrogens is 448 g/mol. The maximum Gasteiger partial charge on any atom is 0.215 e. The molecule has 184 valence electrons. The molecule has 1 heterocycles. The van der Waals surface area contributed by atoms with E-state index in [2.05, 4.69) is 110 Å². The molecule has 1 atom stereocenters. The van der Waals surface area contributed by atoms with Gasteiger partial charge in [0.15, 0.2) is 6.23 Å². The molecular formula is C31H38N2OS. The number of ether oxygens (including phenoxy) is 1. The van der Waals surface area contributed by atoms with Crippen molar-refractivity contribution in [2.75, 3.05) is 0 Å². The van der Waals surface area contributed by atoms with Gasteiger partial charge >= 0.3 is 0 Å². The van der Waals surface area contributed by atoms with Crippen LogP contribution in [-0.2, 0) is 21.0 Å². The number of hydrogen-bond donors (Lipinski definition) is 2. The molecule has 4 rings (SSSR count). The van der Waals surface area contributed by atoms with Crippen LogP contribution in [0, 0.1) is 5.41 Å². The van der Waals surface area contributed by atoms with Gasteiger partial charge in [-0.1, -0.05) is 110 Å². The third-order valence-corrected chi connectivity index (χ3v) is 8.21. The van der Waals surface area contributed by atoms with E-state index in [4.69, 9.17) is 15.9 Å². The number of nitrogens with two attached hydrogens (primary N) is 1. The van der Waals surface area contributed by atoms with Crippen LogP contribution >= 0.6 is 11.8 Å². The normalized spacial score (nSPS) is 15.7. The van der Waals surface area contributed by atoms with E-state index in [1.165, 1.54) is 27.1 Å². The summed E-state index contributed by atoms with van der Waals surface area (Å²) < 4.78 is 6.13. The number of fused-ring (bicyclic) bond motifs is 2. The van der Waals surface area contributed by atoms with E-state index in [-0.39, 0.29) is 22.1 Å². The Morgan fingerprint density at radius 3 is 2.03 bits per heavy atom. The van der Waals surface area contributed by atoms with Gasteiger partial charge in [0.1, 0.15) is 0 Å². The molecule has 0 saturated heterocycles. The maximum absolute atomic E-state index is 8.84. The summed E-state index contributed by atoms with van der Waals surface area (Å²) in [6.45, 7) is 17.7. The SMILES string of the molecule is CC(C)(C)c1cc(C(=N)OC(N)c2cccc3c2Sc2ccccc2C3(C)C)cc(C(C)(C)C)c1. The van der Waals surface area contributed by atoms with Crippen LogP contribution in [0.4, 0.5) is 0 Å². The summed E-state index contributed by atoms with van der Waals surface area (Å²) in [6.07, 6.45) is -0.734. The molecule has 1 aliphatic rings. The van der Waals surface area contributed by atoms with Crippen molar-refractivity contribution < 1.29 is 4.74 Å². The molecule has 4 heteroatoms. The Hall–Kier alpha value is -2.56. The van der Waals surface area contributed by atoms with E-state index in [1.54, 1.807) is 11.8 Å². The molecule has 3 N–H and O–H groups in total. The molecule has 1 unspecified atom stereocenters. The zero-order valence-electron chi connectivity index (χ0n) is 22.2. The molecule has 0 spiro atoms. The van der Waals surface area contributed by atoms with Crippen molar-refractivity contribution in [2.45, 2.75) is 87.7 Å². The number of benzene rings is 3. The van der Waals surface area contributed by atoms with Gasteiger partial charge < -0.3 is 4.74 Å². The van der Waals surface area contributed by atoms with Gasteiger partial charge in [0.2, 0.25) is 5.90 Å². The summed E-state index contributed by atoms with van der Waals surface area (Å²) in [4.78, 5) is 2.38. The minimum atomic E-state index is -0.734. The molecule has 3 aromatic carbocycles. The van der Waals surface area contributed by atoms with Crippen molar-refractivity contribution >= 4 is 17.7 Å².